The molecule has 0 aliphatic carbocycles. The van der Waals surface area contributed by atoms with Crippen molar-refractivity contribution >= 4 is 20.2 Å². The highest BCUT2D eigenvalue weighted by Gasteiger charge is 2.63. The molecule has 0 aromatic rings. The summed E-state index contributed by atoms with van der Waals surface area (Å²) in [5, 5.41) is 0. The fourth-order valence-corrected chi connectivity index (χ4v) is 2.95. The lowest BCUT2D eigenvalue weighted by Crippen LogP contribution is -2.60. The molecular formula is C12H20B2O7. The summed E-state index contributed by atoms with van der Waals surface area (Å²) in [6.45, 7) is 5.63. The normalized spacial score (nSPS) is 38.3. The zero-order chi connectivity index (χ0) is 15.0. The van der Waals surface area contributed by atoms with E-state index in [0.29, 0.717) is 12.9 Å². The molecule has 3 rings (SSSR count). The Labute approximate surface area is 124 Å². The molecule has 0 radical (unpaired) electrons. The van der Waals surface area contributed by atoms with Crippen LogP contribution in [0.25, 0.3) is 0 Å². The summed E-state index contributed by atoms with van der Waals surface area (Å²) in [6, 6.07) is 0. The largest absolute Gasteiger partial charge is 0.460 e. The average molecular weight is 298 g/mol. The molecule has 0 aromatic heterocycles. The van der Waals surface area contributed by atoms with Crippen LogP contribution in [0.1, 0.15) is 20.8 Å². The van der Waals surface area contributed by atoms with Gasteiger partial charge in [0.25, 0.3) is 0 Å². The van der Waals surface area contributed by atoms with Gasteiger partial charge in [-0.3, -0.25) is 4.79 Å². The molecule has 116 valence electrons. The number of hydrogen-bond acceptors (Lipinski definition) is 7. The Morgan fingerprint density at radius 3 is 2.67 bits per heavy atom. The van der Waals surface area contributed by atoms with Crippen molar-refractivity contribution in [3.63, 3.8) is 0 Å². The predicted octanol–water partition coefficient (Wildman–Crippen LogP) is 0.492. The van der Waals surface area contributed by atoms with E-state index in [0.717, 1.165) is 6.32 Å². The minimum atomic E-state index is -1.10. The van der Waals surface area contributed by atoms with Crippen molar-refractivity contribution in [1.29, 1.82) is 0 Å². The summed E-state index contributed by atoms with van der Waals surface area (Å²) < 4.78 is 34.4. The lowest BCUT2D eigenvalue weighted by molar-refractivity contribution is -0.272. The molecule has 4 unspecified atom stereocenters. The van der Waals surface area contributed by atoms with Crippen molar-refractivity contribution < 1.29 is 32.9 Å². The summed E-state index contributed by atoms with van der Waals surface area (Å²) in [6.07, 6.45) is 0.531. The topological polar surface area (TPSA) is 72.5 Å². The first-order valence-electron chi connectivity index (χ1n) is 7.49. The summed E-state index contributed by atoms with van der Waals surface area (Å²) in [4.78, 5) is 11.1. The molecule has 3 aliphatic heterocycles. The quantitative estimate of drug-likeness (QED) is 0.552. The van der Waals surface area contributed by atoms with Crippen molar-refractivity contribution in [2.24, 2.45) is 0 Å². The van der Waals surface area contributed by atoms with Gasteiger partial charge in [0.05, 0.1) is 18.8 Å². The van der Waals surface area contributed by atoms with E-state index >= 15 is 0 Å². The van der Waals surface area contributed by atoms with E-state index in [9.17, 15) is 4.79 Å². The SMILES string of the molecule is CCB1OC2COC3(COC(C)=O)OB(CC)OC3C2O1. The smallest absolute Gasteiger partial charge is 0.459 e. The van der Waals surface area contributed by atoms with E-state index in [-0.39, 0.29) is 31.9 Å². The number of carbonyl (C=O) groups excluding carboxylic acids is 1. The fourth-order valence-electron chi connectivity index (χ4n) is 2.95. The molecule has 3 fully saturated rings. The van der Waals surface area contributed by atoms with Crippen molar-refractivity contribution in [2.45, 2.75) is 57.5 Å². The lowest BCUT2D eigenvalue weighted by Gasteiger charge is -2.41. The molecule has 7 nitrogen and oxygen atoms in total. The van der Waals surface area contributed by atoms with Crippen LogP contribution < -0.4 is 0 Å². The van der Waals surface area contributed by atoms with Gasteiger partial charge in [0.1, 0.15) is 12.7 Å². The van der Waals surface area contributed by atoms with Crippen LogP contribution >= 0.6 is 0 Å². The third-order valence-corrected chi connectivity index (χ3v) is 4.00. The molecule has 4 atom stereocenters. The van der Waals surface area contributed by atoms with Gasteiger partial charge in [-0.15, -0.1) is 0 Å². The van der Waals surface area contributed by atoms with Crippen LogP contribution in [0.2, 0.25) is 12.6 Å². The van der Waals surface area contributed by atoms with Gasteiger partial charge >= 0.3 is 20.2 Å². The second-order valence-electron chi connectivity index (χ2n) is 5.53. The Kier molecular flexibility index (Phi) is 4.29. The minimum Gasteiger partial charge on any atom is -0.460 e. The second kappa shape index (κ2) is 5.89. The molecule has 21 heavy (non-hydrogen) atoms. The molecule has 3 aliphatic rings. The molecule has 0 amide bonds. The van der Waals surface area contributed by atoms with E-state index in [1.807, 2.05) is 13.8 Å². The van der Waals surface area contributed by atoms with E-state index in [4.69, 9.17) is 28.1 Å². The zero-order valence-electron chi connectivity index (χ0n) is 12.6. The maximum atomic E-state index is 11.1. The van der Waals surface area contributed by atoms with Crippen molar-refractivity contribution in [3.05, 3.63) is 0 Å². The molecule has 3 saturated heterocycles. The Bertz CT molecular complexity index is 409. The van der Waals surface area contributed by atoms with Crippen LogP contribution in [0.5, 0.6) is 0 Å². The first kappa shape index (κ1) is 15.3. The van der Waals surface area contributed by atoms with Crippen molar-refractivity contribution in [3.8, 4) is 0 Å². The molecule has 0 spiro atoms. The average Bonchev–Trinajstić information content (AvgIpc) is 3.05. The molecule has 0 saturated carbocycles. The molecule has 0 aromatic carbocycles. The summed E-state index contributed by atoms with van der Waals surface area (Å²) in [5.74, 6) is -1.48. The van der Waals surface area contributed by atoms with E-state index in [1.54, 1.807) is 0 Å². The van der Waals surface area contributed by atoms with Crippen LogP contribution in [0.3, 0.4) is 0 Å². The highest BCUT2D eigenvalue weighted by atomic mass is 16.8. The lowest BCUT2D eigenvalue weighted by atomic mass is 9.86. The van der Waals surface area contributed by atoms with E-state index in [1.165, 1.54) is 6.92 Å². The van der Waals surface area contributed by atoms with Gasteiger partial charge in [0.15, 0.2) is 0 Å². The van der Waals surface area contributed by atoms with Gasteiger partial charge < -0.3 is 28.1 Å². The van der Waals surface area contributed by atoms with Crippen LogP contribution in [0.4, 0.5) is 0 Å². The predicted molar refractivity (Wildman–Crippen MR) is 73.5 cm³/mol. The van der Waals surface area contributed by atoms with Crippen molar-refractivity contribution in [1.82, 2.24) is 0 Å². The molecular weight excluding hydrogens is 278 g/mol. The maximum absolute atomic E-state index is 11.1. The highest BCUT2D eigenvalue weighted by Crippen LogP contribution is 2.42. The van der Waals surface area contributed by atoms with Gasteiger partial charge in [0.2, 0.25) is 5.79 Å². The number of esters is 1. The summed E-state index contributed by atoms with van der Waals surface area (Å²) >= 11 is 0. The number of rotatable bonds is 4. The van der Waals surface area contributed by atoms with E-state index in [2.05, 4.69) is 0 Å². The fraction of sp³-hybridized carbons (Fsp3) is 0.917. The first-order chi connectivity index (χ1) is 10.1. The third kappa shape index (κ3) is 2.73. The molecule has 3 heterocycles. The standard InChI is InChI=1S/C12H20B2O7/c1-4-13-18-9-6-17-12(7-16-8(3)15)11(10(9)19-13)20-14(5-2)21-12/h9-11H,4-7H2,1-3H3. The Morgan fingerprint density at radius 1 is 1.24 bits per heavy atom. The van der Waals surface area contributed by atoms with Gasteiger partial charge in [-0.05, 0) is 12.6 Å². The summed E-state index contributed by atoms with van der Waals surface area (Å²) in [7, 11) is -0.647. The van der Waals surface area contributed by atoms with Gasteiger partial charge in [-0.25, -0.2) is 0 Å². The van der Waals surface area contributed by atoms with Crippen LogP contribution in [0, 0.1) is 0 Å². The molecule has 9 heteroatoms. The van der Waals surface area contributed by atoms with Gasteiger partial charge in [-0.2, -0.15) is 0 Å². The zero-order valence-corrected chi connectivity index (χ0v) is 12.6. The Hall–Kier alpha value is -0.600. The number of fused-ring (bicyclic) bond motifs is 3. The molecule has 0 N–H and O–H groups in total. The Balaban J connectivity index is 1.79. The third-order valence-electron chi connectivity index (χ3n) is 4.00. The van der Waals surface area contributed by atoms with Gasteiger partial charge in [0, 0.05) is 6.92 Å². The van der Waals surface area contributed by atoms with Crippen LogP contribution in [0.15, 0.2) is 0 Å². The Morgan fingerprint density at radius 2 is 2.00 bits per heavy atom. The monoisotopic (exact) mass is 298 g/mol. The highest BCUT2D eigenvalue weighted by molar-refractivity contribution is 6.46. The van der Waals surface area contributed by atoms with Crippen LogP contribution in [-0.4, -0.2) is 57.5 Å². The van der Waals surface area contributed by atoms with E-state index < -0.39 is 19.0 Å². The van der Waals surface area contributed by atoms with Crippen LogP contribution in [-0.2, 0) is 32.9 Å². The first-order valence-corrected chi connectivity index (χ1v) is 7.49. The number of hydrogen-bond donors (Lipinski definition) is 0. The molecule has 0 bridgehead atoms. The number of ether oxygens (including phenoxy) is 2. The van der Waals surface area contributed by atoms with Gasteiger partial charge in [-0.1, -0.05) is 13.8 Å². The summed E-state index contributed by atoms with van der Waals surface area (Å²) in [5.41, 5.74) is 0. The maximum Gasteiger partial charge on any atom is 0.459 e. The second-order valence-corrected chi connectivity index (χ2v) is 5.53. The van der Waals surface area contributed by atoms with Crippen molar-refractivity contribution in [2.75, 3.05) is 13.2 Å². The minimum absolute atomic E-state index is 0.00707. The number of carbonyl (C=O) groups is 1.